The highest BCUT2D eigenvalue weighted by Gasteiger charge is 2.17. The molecule has 3 rings (SSSR count). The summed E-state index contributed by atoms with van der Waals surface area (Å²) in [6.45, 7) is 3.30. The number of methoxy groups -OCH3 is 1. The highest BCUT2D eigenvalue weighted by molar-refractivity contribution is 7.99. The Labute approximate surface area is 179 Å². The number of halogens is 1. The number of rotatable bonds is 9. The van der Waals surface area contributed by atoms with Crippen LogP contribution < -0.4 is 5.32 Å². The Balaban J connectivity index is 1.73. The Kier molecular flexibility index (Phi) is 7.69. The summed E-state index contributed by atoms with van der Waals surface area (Å²) in [7, 11) is 1.67. The second-order valence-electron chi connectivity index (χ2n) is 6.49. The van der Waals surface area contributed by atoms with Crippen LogP contribution in [0.5, 0.6) is 0 Å². The summed E-state index contributed by atoms with van der Waals surface area (Å²) >= 11 is 7.70. The van der Waals surface area contributed by atoms with E-state index in [1.807, 2.05) is 60.0 Å². The van der Waals surface area contributed by atoms with Gasteiger partial charge >= 0.3 is 0 Å². The van der Waals surface area contributed by atoms with Crippen LogP contribution in [0.4, 0.5) is 5.69 Å². The fraction of sp³-hybridized carbons (Fsp3) is 0.286. The first-order valence-electron chi connectivity index (χ1n) is 9.25. The Morgan fingerprint density at radius 2 is 1.93 bits per heavy atom. The average molecular weight is 431 g/mol. The maximum atomic E-state index is 12.3. The second kappa shape index (κ2) is 10.4. The smallest absolute Gasteiger partial charge is 0.234 e. The van der Waals surface area contributed by atoms with Crippen LogP contribution in [0.3, 0.4) is 0 Å². The van der Waals surface area contributed by atoms with Crippen molar-refractivity contribution < 1.29 is 9.53 Å². The van der Waals surface area contributed by atoms with Gasteiger partial charge in [0, 0.05) is 31.5 Å². The number of hydrogen-bond acceptors (Lipinski definition) is 5. The number of thioether (sulfide) groups is 1. The predicted molar refractivity (Wildman–Crippen MR) is 117 cm³/mol. The summed E-state index contributed by atoms with van der Waals surface area (Å²) in [6.07, 6.45) is 0.801. The van der Waals surface area contributed by atoms with E-state index < -0.39 is 0 Å². The molecule has 0 unspecified atom stereocenters. The summed E-state index contributed by atoms with van der Waals surface area (Å²) in [5, 5.41) is 12.8. The molecule has 0 bridgehead atoms. The Morgan fingerprint density at radius 1 is 1.17 bits per heavy atom. The van der Waals surface area contributed by atoms with Crippen molar-refractivity contribution >= 4 is 35.0 Å². The quantitative estimate of drug-likeness (QED) is 0.394. The molecule has 1 aromatic heterocycles. The minimum absolute atomic E-state index is 0.0930. The van der Waals surface area contributed by atoms with Crippen molar-refractivity contribution in [3.05, 3.63) is 59.1 Å². The minimum atomic E-state index is -0.0930. The maximum absolute atomic E-state index is 12.3. The number of aromatic nitrogens is 3. The zero-order chi connectivity index (χ0) is 20.6. The third kappa shape index (κ3) is 5.82. The molecule has 152 valence electrons. The van der Waals surface area contributed by atoms with Crippen molar-refractivity contribution in [2.75, 3.05) is 24.8 Å². The zero-order valence-corrected chi connectivity index (χ0v) is 18.0. The number of amides is 1. The first kappa shape index (κ1) is 21.4. The van der Waals surface area contributed by atoms with Gasteiger partial charge in [-0.3, -0.25) is 4.79 Å². The molecule has 1 amide bonds. The lowest BCUT2D eigenvalue weighted by atomic mass is 10.2. The van der Waals surface area contributed by atoms with E-state index in [0.717, 1.165) is 23.2 Å². The number of hydrogen-bond donors (Lipinski definition) is 1. The maximum Gasteiger partial charge on any atom is 0.234 e. The van der Waals surface area contributed by atoms with Crippen LogP contribution in [0.15, 0.2) is 53.7 Å². The van der Waals surface area contributed by atoms with Gasteiger partial charge < -0.3 is 14.6 Å². The summed E-state index contributed by atoms with van der Waals surface area (Å²) in [5.41, 5.74) is 2.74. The molecule has 8 heteroatoms. The van der Waals surface area contributed by atoms with Crippen LogP contribution in [-0.4, -0.2) is 40.1 Å². The van der Waals surface area contributed by atoms with Crippen LogP contribution in [0.2, 0.25) is 5.02 Å². The molecule has 6 nitrogen and oxygen atoms in total. The molecule has 29 heavy (non-hydrogen) atoms. The van der Waals surface area contributed by atoms with E-state index in [1.165, 1.54) is 11.8 Å². The molecule has 0 aliphatic heterocycles. The van der Waals surface area contributed by atoms with E-state index in [0.29, 0.717) is 29.2 Å². The van der Waals surface area contributed by atoms with E-state index in [4.69, 9.17) is 16.3 Å². The van der Waals surface area contributed by atoms with Gasteiger partial charge in [-0.25, -0.2) is 0 Å². The molecular formula is C21H23ClN4O2S. The first-order valence-corrected chi connectivity index (χ1v) is 10.6. The van der Waals surface area contributed by atoms with E-state index >= 15 is 0 Å². The molecule has 0 aliphatic carbocycles. The van der Waals surface area contributed by atoms with E-state index in [1.54, 1.807) is 7.11 Å². The van der Waals surface area contributed by atoms with Crippen LogP contribution in [-0.2, 0) is 16.1 Å². The van der Waals surface area contributed by atoms with Crippen molar-refractivity contribution in [1.82, 2.24) is 14.8 Å². The number of aryl methyl sites for hydroxylation is 1. The van der Waals surface area contributed by atoms with Crippen molar-refractivity contribution in [2.24, 2.45) is 0 Å². The number of carbonyl (C=O) groups is 1. The third-order valence-electron chi connectivity index (χ3n) is 4.23. The van der Waals surface area contributed by atoms with Gasteiger partial charge in [-0.15, -0.1) is 10.2 Å². The highest BCUT2D eigenvalue weighted by Crippen LogP contribution is 2.29. The van der Waals surface area contributed by atoms with Crippen LogP contribution in [0, 0.1) is 6.92 Å². The van der Waals surface area contributed by atoms with Gasteiger partial charge in [0.25, 0.3) is 0 Å². The Morgan fingerprint density at radius 3 is 2.66 bits per heavy atom. The van der Waals surface area contributed by atoms with Crippen molar-refractivity contribution in [3.63, 3.8) is 0 Å². The van der Waals surface area contributed by atoms with E-state index in [2.05, 4.69) is 15.5 Å². The van der Waals surface area contributed by atoms with Crippen LogP contribution in [0.1, 0.15) is 12.0 Å². The molecule has 0 atom stereocenters. The molecule has 1 heterocycles. The van der Waals surface area contributed by atoms with Gasteiger partial charge in [0.1, 0.15) is 0 Å². The molecule has 0 saturated heterocycles. The van der Waals surface area contributed by atoms with Crippen molar-refractivity contribution in [1.29, 1.82) is 0 Å². The molecule has 3 aromatic rings. The highest BCUT2D eigenvalue weighted by atomic mass is 35.5. The van der Waals surface area contributed by atoms with Gasteiger partial charge in [0.15, 0.2) is 11.0 Å². The first-order chi connectivity index (χ1) is 14.1. The van der Waals surface area contributed by atoms with Crippen LogP contribution >= 0.6 is 23.4 Å². The lowest BCUT2D eigenvalue weighted by Crippen LogP contribution is -2.15. The number of benzene rings is 2. The molecule has 0 fully saturated rings. The number of nitrogens with one attached hydrogen (secondary N) is 1. The third-order valence-corrected chi connectivity index (χ3v) is 5.53. The summed E-state index contributed by atoms with van der Waals surface area (Å²) in [4.78, 5) is 12.3. The van der Waals surface area contributed by atoms with Gasteiger partial charge in [0.2, 0.25) is 5.91 Å². The van der Waals surface area contributed by atoms with Gasteiger partial charge in [-0.1, -0.05) is 53.2 Å². The molecule has 0 saturated carbocycles. The normalized spacial score (nSPS) is 10.9. The molecular weight excluding hydrogens is 408 g/mol. The summed E-state index contributed by atoms with van der Waals surface area (Å²) < 4.78 is 7.16. The number of carbonyl (C=O) groups excluding carboxylic acids is 1. The largest absolute Gasteiger partial charge is 0.385 e. The summed E-state index contributed by atoms with van der Waals surface area (Å²) in [6, 6.07) is 15.2. The average Bonchev–Trinajstić information content (AvgIpc) is 3.11. The minimum Gasteiger partial charge on any atom is -0.385 e. The van der Waals surface area contributed by atoms with E-state index in [-0.39, 0.29) is 11.7 Å². The van der Waals surface area contributed by atoms with Crippen molar-refractivity contribution in [2.45, 2.75) is 25.0 Å². The number of anilines is 1. The fourth-order valence-corrected chi connectivity index (χ4v) is 3.75. The molecule has 2 aromatic carbocycles. The molecule has 1 N–H and O–H groups in total. The summed E-state index contributed by atoms with van der Waals surface area (Å²) in [5.74, 6) is 0.830. The lowest BCUT2D eigenvalue weighted by molar-refractivity contribution is -0.113. The second-order valence-corrected chi connectivity index (χ2v) is 7.84. The van der Waals surface area contributed by atoms with Gasteiger partial charge in [0.05, 0.1) is 10.8 Å². The Bertz CT molecular complexity index is 960. The lowest BCUT2D eigenvalue weighted by Gasteiger charge is -2.11. The SMILES string of the molecule is COCCCn1c(SCC(=O)Nc2ccc(C)cc2)nnc1-c1ccccc1Cl. The number of ether oxygens (including phenoxy) is 1. The zero-order valence-electron chi connectivity index (χ0n) is 16.4. The fourth-order valence-electron chi connectivity index (χ4n) is 2.77. The van der Waals surface area contributed by atoms with Gasteiger partial charge in [-0.05, 0) is 37.6 Å². The van der Waals surface area contributed by atoms with E-state index in [9.17, 15) is 4.79 Å². The standard InChI is InChI=1S/C21H23ClN4O2S/c1-15-8-10-16(11-9-15)23-19(27)14-29-21-25-24-20(26(21)12-5-13-28-2)17-6-3-4-7-18(17)22/h3-4,6-11H,5,12-14H2,1-2H3,(H,23,27). The molecule has 0 spiro atoms. The predicted octanol–water partition coefficient (Wildman–Crippen LogP) is 4.67. The topological polar surface area (TPSA) is 69.0 Å². The monoisotopic (exact) mass is 430 g/mol. The van der Waals surface area contributed by atoms with Crippen LogP contribution in [0.25, 0.3) is 11.4 Å². The Hall–Kier alpha value is -2.35. The molecule has 0 aliphatic rings. The van der Waals surface area contributed by atoms with Gasteiger partial charge in [-0.2, -0.15) is 0 Å². The number of nitrogens with zero attached hydrogens (tertiary/aromatic N) is 3. The van der Waals surface area contributed by atoms with Crippen molar-refractivity contribution in [3.8, 4) is 11.4 Å². The molecule has 0 radical (unpaired) electrons.